The van der Waals surface area contributed by atoms with Crippen LogP contribution < -0.4 is 9.62 Å². The molecule has 0 atom stereocenters. The molecule has 0 unspecified atom stereocenters. The molecule has 144 valence electrons. The predicted octanol–water partition coefficient (Wildman–Crippen LogP) is 2.03. The lowest BCUT2D eigenvalue weighted by Gasteiger charge is -2.29. The van der Waals surface area contributed by atoms with Gasteiger partial charge in [-0.1, -0.05) is 11.3 Å². The van der Waals surface area contributed by atoms with Gasteiger partial charge in [0.1, 0.15) is 10.7 Å². The molecule has 11 heteroatoms. The molecule has 0 radical (unpaired) electrons. The SMILES string of the molecule is Cc1nnc(NS(=O)(=O)c2ccc3c(c2)CCCN3C(=O)c2cnccn2)s1. The standard InChI is InChI=1S/C17H16N6O3S2/c1-11-20-21-17(27-11)22-28(25,26)13-4-5-15-12(9-13)3-2-8-23(15)16(24)14-10-18-6-7-19-14/h4-7,9-10H,2-3,8H2,1H3,(H,21,22). The Hall–Kier alpha value is -2.92. The van der Waals surface area contributed by atoms with Gasteiger partial charge < -0.3 is 4.90 Å². The van der Waals surface area contributed by atoms with Crippen molar-refractivity contribution in [2.24, 2.45) is 0 Å². The number of nitrogens with zero attached hydrogens (tertiary/aromatic N) is 5. The van der Waals surface area contributed by atoms with Crippen LogP contribution in [0.3, 0.4) is 0 Å². The topological polar surface area (TPSA) is 118 Å². The summed E-state index contributed by atoms with van der Waals surface area (Å²) in [5.74, 6) is -0.257. The summed E-state index contributed by atoms with van der Waals surface area (Å²) >= 11 is 1.16. The molecule has 0 saturated carbocycles. The van der Waals surface area contributed by atoms with E-state index in [0.717, 1.165) is 23.3 Å². The molecule has 0 bridgehead atoms. The highest BCUT2D eigenvalue weighted by atomic mass is 32.2. The smallest absolute Gasteiger partial charge is 0.278 e. The number of aromatic nitrogens is 4. The Bertz CT molecular complexity index is 1130. The van der Waals surface area contributed by atoms with Crippen molar-refractivity contribution < 1.29 is 13.2 Å². The van der Waals surface area contributed by atoms with Crippen LogP contribution in [0.2, 0.25) is 0 Å². The molecular formula is C17H16N6O3S2. The van der Waals surface area contributed by atoms with E-state index in [4.69, 9.17) is 0 Å². The van der Waals surface area contributed by atoms with E-state index in [0.29, 0.717) is 23.7 Å². The van der Waals surface area contributed by atoms with E-state index in [-0.39, 0.29) is 21.6 Å². The largest absolute Gasteiger partial charge is 0.307 e. The number of carbonyl (C=O) groups is 1. The minimum Gasteiger partial charge on any atom is -0.307 e. The first-order valence-corrected chi connectivity index (χ1v) is 10.8. The lowest BCUT2D eigenvalue weighted by Crippen LogP contribution is -2.36. The Labute approximate surface area is 165 Å². The molecule has 1 N–H and O–H groups in total. The van der Waals surface area contributed by atoms with Crippen molar-refractivity contribution in [2.45, 2.75) is 24.7 Å². The number of fused-ring (bicyclic) bond motifs is 1. The van der Waals surface area contributed by atoms with Crippen molar-refractivity contribution in [1.29, 1.82) is 0 Å². The van der Waals surface area contributed by atoms with Gasteiger partial charge in [-0.3, -0.25) is 14.5 Å². The van der Waals surface area contributed by atoms with Crippen LogP contribution in [0.25, 0.3) is 0 Å². The monoisotopic (exact) mass is 416 g/mol. The molecule has 2 aromatic heterocycles. The Morgan fingerprint density at radius 2 is 2.11 bits per heavy atom. The number of carbonyl (C=O) groups excluding carboxylic acids is 1. The molecule has 1 aliphatic heterocycles. The van der Waals surface area contributed by atoms with Gasteiger partial charge in [-0.05, 0) is 43.5 Å². The van der Waals surface area contributed by atoms with Gasteiger partial charge in [0.05, 0.1) is 11.1 Å². The predicted molar refractivity (Wildman–Crippen MR) is 104 cm³/mol. The minimum absolute atomic E-state index is 0.118. The second-order valence-electron chi connectivity index (χ2n) is 6.17. The second kappa shape index (κ2) is 7.24. The number of hydrogen-bond acceptors (Lipinski definition) is 8. The first-order valence-electron chi connectivity index (χ1n) is 8.48. The Balaban J connectivity index is 1.64. The van der Waals surface area contributed by atoms with Crippen LogP contribution in [-0.4, -0.2) is 41.0 Å². The van der Waals surface area contributed by atoms with E-state index < -0.39 is 10.0 Å². The van der Waals surface area contributed by atoms with E-state index in [2.05, 4.69) is 24.9 Å². The molecule has 1 aliphatic rings. The summed E-state index contributed by atoms with van der Waals surface area (Å²) in [7, 11) is -3.79. The average molecular weight is 416 g/mol. The number of anilines is 2. The number of aryl methyl sites for hydroxylation is 2. The zero-order valence-corrected chi connectivity index (χ0v) is 16.5. The number of hydrogen-bond donors (Lipinski definition) is 1. The fourth-order valence-electron chi connectivity index (χ4n) is 3.01. The molecule has 28 heavy (non-hydrogen) atoms. The van der Waals surface area contributed by atoms with Crippen LogP contribution in [0, 0.1) is 6.92 Å². The quantitative estimate of drug-likeness (QED) is 0.691. The molecular weight excluding hydrogens is 400 g/mol. The molecule has 0 spiro atoms. The third kappa shape index (κ3) is 3.58. The van der Waals surface area contributed by atoms with Gasteiger partial charge >= 0.3 is 0 Å². The highest BCUT2D eigenvalue weighted by Crippen LogP contribution is 2.31. The minimum atomic E-state index is -3.79. The number of nitrogens with one attached hydrogen (secondary N) is 1. The molecule has 1 aromatic carbocycles. The summed E-state index contributed by atoms with van der Waals surface area (Å²) in [4.78, 5) is 22.5. The molecule has 0 saturated heterocycles. The highest BCUT2D eigenvalue weighted by Gasteiger charge is 2.26. The normalized spacial score (nSPS) is 13.8. The van der Waals surface area contributed by atoms with Gasteiger partial charge in [0.15, 0.2) is 0 Å². The van der Waals surface area contributed by atoms with Gasteiger partial charge in [0.2, 0.25) is 5.13 Å². The maximum absolute atomic E-state index is 12.8. The van der Waals surface area contributed by atoms with Crippen LogP contribution in [-0.2, 0) is 16.4 Å². The van der Waals surface area contributed by atoms with Crippen LogP contribution >= 0.6 is 11.3 Å². The van der Waals surface area contributed by atoms with Gasteiger partial charge in [-0.2, -0.15) is 0 Å². The lowest BCUT2D eigenvalue weighted by atomic mass is 10.0. The number of rotatable bonds is 4. The molecule has 0 aliphatic carbocycles. The summed E-state index contributed by atoms with van der Waals surface area (Å²) in [5.41, 5.74) is 1.73. The molecule has 9 nitrogen and oxygen atoms in total. The summed E-state index contributed by atoms with van der Waals surface area (Å²) in [6, 6.07) is 4.74. The first kappa shape index (κ1) is 18.4. The second-order valence-corrected chi connectivity index (χ2v) is 9.04. The number of sulfonamides is 1. The van der Waals surface area contributed by atoms with Crippen molar-refractivity contribution in [3.05, 3.63) is 53.1 Å². The Morgan fingerprint density at radius 1 is 1.25 bits per heavy atom. The molecule has 3 heterocycles. The van der Waals surface area contributed by atoms with Crippen LogP contribution in [0.5, 0.6) is 0 Å². The maximum Gasteiger partial charge on any atom is 0.278 e. The fourth-order valence-corrected chi connectivity index (χ4v) is 4.88. The van der Waals surface area contributed by atoms with E-state index in [1.165, 1.54) is 24.7 Å². The Kier molecular flexibility index (Phi) is 4.77. The van der Waals surface area contributed by atoms with E-state index in [9.17, 15) is 13.2 Å². The van der Waals surface area contributed by atoms with Gasteiger partial charge in [0.25, 0.3) is 15.9 Å². The van der Waals surface area contributed by atoms with Gasteiger partial charge in [-0.15, -0.1) is 10.2 Å². The summed E-state index contributed by atoms with van der Waals surface area (Å²) in [6.07, 6.45) is 5.80. The molecule has 3 aromatic rings. The molecule has 4 rings (SSSR count). The summed E-state index contributed by atoms with van der Waals surface area (Å²) < 4.78 is 27.8. The molecule has 0 fully saturated rings. The third-order valence-corrected chi connectivity index (χ3v) is 6.47. The lowest BCUT2D eigenvalue weighted by molar-refractivity contribution is 0.0980. The average Bonchev–Trinajstić information content (AvgIpc) is 3.11. The van der Waals surface area contributed by atoms with Crippen molar-refractivity contribution in [1.82, 2.24) is 20.2 Å². The third-order valence-electron chi connectivity index (χ3n) is 4.26. The van der Waals surface area contributed by atoms with Crippen molar-refractivity contribution in [2.75, 3.05) is 16.2 Å². The zero-order chi connectivity index (χ0) is 19.7. The van der Waals surface area contributed by atoms with E-state index in [1.807, 2.05) is 0 Å². The molecule has 1 amide bonds. The number of benzene rings is 1. The van der Waals surface area contributed by atoms with E-state index >= 15 is 0 Å². The number of amides is 1. The first-order chi connectivity index (χ1) is 13.4. The zero-order valence-electron chi connectivity index (χ0n) is 14.9. The highest BCUT2D eigenvalue weighted by molar-refractivity contribution is 7.93. The van der Waals surface area contributed by atoms with Crippen molar-refractivity contribution in [3.8, 4) is 0 Å². The van der Waals surface area contributed by atoms with Gasteiger partial charge in [-0.25, -0.2) is 13.4 Å². The van der Waals surface area contributed by atoms with E-state index in [1.54, 1.807) is 24.0 Å². The van der Waals surface area contributed by atoms with Crippen molar-refractivity contribution >= 4 is 38.1 Å². The summed E-state index contributed by atoms with van der Waals surface area (Å²) in [5, 5.41) is 8.49. The van der Waals surface area contributed by atoms with Crippen LogP contribution in [0.1, 0.15) is 27.5 Å². The van der Waals surface area contributed by atoms with Crippen LogP contribution in [0.4, 0.5) is 10.8 Å². The van der Waals surface area contributed by atoms with Gasteiger partial charge in [0, 0.05) is 24.6 Å². The van der Waals surface area contributed by atoms with Crippen molar-refractivity contribution in [3.63, 3.8) is 0 Å². The fraction of sp³-hybridized carbons (Fsp3) is 0.235. The van der Waals surface area contributed by atoms with Crippen LogP contribution in [0.15, 0.2) is 41.7 Å². The maximum atomic E-state index is 12.8. The summed E-state index contributed by atoms with van der Waals surface area (Å²) in [6.45, 7) is 2.29. The Morgan fingerprint density at radius 3 is 2.82 bits per heavy atom.